The highest BCUT2D eigenvalue weighted by Crippen LogP contribution is 2.31. The molecule has 1 aromatic carbocycles. The number of nitrogens with one attached hydrogen (secondary N) is 1. The van der Waals surface area contributed by atoms with Gasteiger partial charge < -0.3 is 11.1 Å². The first kappa shape index (κ1) is 14.8. The van der Waals surface area contributed by atoms with E-state index in [2.05, 4.69) is 10.4 Å². The van der Waals surface area contributed by atoms with Crippen molar-refractivity contribution >= 4 is 17.2 Å². The van der Waals surface area contributed by atoms with E-state index >= 15 is 0 Å². The largest absolute Gasteiger partial charge is 0.399 e. The van der Waals surface area contributed by atoms with Gasteiger partial charge in [0.1, 0.15) is 5.69 Å². The monoisotopic (exact) mass is 289 g/mol. The van der Waals surface area contributed by atoms with Crippen LogP contribution in [0.1, 0.15) is 31.1 Å². The molecule has 0 aliphatic carbocycles. The molecule has 0 saturated heterocycles. The van der Waals surface area contributed by atoms with Crippen molar-refractivity contribution < 1.29 is 4.92 Å². The zero-order valence-electron chi connectivity index (χ0n) is 12.3. The second-order valence-corrected chi connectivity index (χ2v) is 4.91. The lowest BCUT2D eigenvalue weighted by molar-refractivity contribution is -0.384. The topological polar surface area (TPSA) is 99.0 Å². The Hall–Kier alpha value is -2.57. The fourth-order valence-corrected chi connectivity index (χ4v) is 2.23. The van der Waals surface area contributed by atoms with E-state index in [1.807, 2.05) is 38.1 Å². The number of nitro groups is 1. The van der Waals surface area contributed by atoms with Crippen LogP contribution in [0.25, 0.3) is 0 Å². The van der Waals surface area contributed by atoms with Gasteiger partial charge in [0.05, 0.1) is 11.0 Å². The molecular formula is C14H19N5O2. The van der Waals surface area contributed by atoms with Crippen LogP contribution in [0.15, 0.2) is 24.3 Å². The second-order valence-electron chi connectivity index (χ2n) is 4.91. The van der Waals surface area contributed by atoms with Gasteiger partial charge in [-0.3, -0.25) is 10.1 Å². The van der Waals surface area contributed by atoms with E-state index in [0.29, 0.717) is 23.6 Å². The first-order valence-corrected chi connectivity index (χ1v) is 6.76. The zero-order valence-corrected chi connectivity index (χ0v) is 12.3. The highest BCUT2D eigenvalue weighted by Gasteiger charge is 2.26. The summed E-state index contributed by atoms with van der Waals surface area (Å²) in [5.74, 6) is 0.418. The highest BCUT2D eigenvalue weighted by atomic mass is 16.6. The first-order chi connectivity index (χ1) is 9.93. The molecule has 7 heteroatoms. The number of nitrogens with two attached hydrogens (primary N) is 1. The Morgan fingerprint density at radius 2 is 2.05 bits per heavy atom. The smallest absolute Gasteiger partial charge is 0.333 e. The SMILES string of the molecule is CCc1nn(C)c(NC(C)c2ccc(N)cc2)c1[N+](=O)[O-]. The number of nitrogen functional groups attached to an aromatic ring is 1. The van der Waals surface area contributed by atoms with Crippen molar-refractivity contribution in [1.82, 2.24) is 9.78 Å². The number of rotatable bonds is 5. The molecule has 1 heterocycles. The number of benzene rings is 1. The van der Waals surface area contributed by atoms with Gasteiger partial charge in [-0.25, -0.2) is 4.68 Å². The van der Waals surface area contributed by atoms with Crippen LogP contribution < -0.4 is 11.1 Å². The molecule has 0 bridgehead atoms. The van der Waals surface area contributed by atoms with Crippen molar-refractivity contribution in [3.63, 3.8) is 0 Å². The Balaban J connectivity index is 2.32. The summed E-state index contributed by atoms with van der Waals surface area (Å²) in [6.45, 7) is 3.79. The lowest BCUT2D eigenvalue weighted by Gasteiger charge is -2.15. The highest BCUT2D eigenvalue weighted by molar-refractivity contribution is 5.60. The third kappa shape index (κ3) is 2.96. The van der Waals surface area contributed by atoms with Crippen molar-refractivity contribution in [2.24, 2.45) is 7.05 Å². The molecule has 0 saturated carbocycles. The standard InChI is InChI=1S/C14H19N5O2/c1-4-12-13(19(20)21)14(18(3)17-12)16-9(2)10-5-7-11(15)8-6-10/h5-9,16H,4,15H2,1-3H3. The lowest BCUT2D eigenvalue weighted by atomic mass is 10.1. The van der Waals surface area contributed by atoms with E-state index in [4.69, 9.17) is 5.73 Å². The average Bonchev–Trinajstić information content (AvgIpc) is 2.76. The van der Waals surface area contributed by atoms with Crippen LogP contribution in [0.5, 0.6) is 0 Å². The predicted molar refractivity (Wildman–Crippen MR) is 82.1 cm³/mol. The van der Waals surface area contributed by atoms with E-state index in [9.17, 15) is 10.1 Å². The molecule has 2 rings (SSSR count). The van der Waals surface area contributed by atoms with E-state index < -0.39 is 0 Å². The average molecular weight is 289 g/mol. The minimum absolute atomic E-state index is 0.0438. The molecule has 1 aromatic heterocycles. The number of aryl methyl sites for hydroxylation is 2. The fraction of sp³-hybridized carbons (Fsp3) is 0.357. The van der Waals surface area contributed by atoms with Gasteiger partial charge >= 0.3 is 5.69 Å². The van der Waals surface area contributed by atoms with E-state index in [-0.39, 0.29) is 16.7 Å². The summed E-state index contributed by atoms with van der Waals surface area (Å²) in [6.07, 6.45) is 0.516. The Kier molecular flexibility index (Phi) is 4.11. The van der Waals surface area contributed by atoms with Crippen LogP contribution in [0.2, 0.25) is 0 Å². The number of aromatic nitrogens is 2. The van der Waals surface area contributed by atoms with Gasteiger partial charge in [-0.15, -0.1) is 0 Å². The molecule has 1 atom stereocenters. The number of nitrogens with zero attached hydrogens (tertiary/aromatic N) is 3. The van der Waals surface area contributed by atoms with Crippen molar-refractivity contribution in [3.8, 4) is 0 Å². The summed E-state index contributed by atoms with van der Waals surface area (Å²) in [4.78, 5) is 10.9. The van der Waals surface area contributed by atoms with Crippen molar-refractivity contribution in [1.29, 1.82) is 0 Å². The maximum atomic E-state index is 11.3. The number of hydrogen-bond acceptors (Lipinski definition) is 5. The van der Waals surface area contributed by atoms with Gasteiger partial charge in [0.2, 0.25) is 5.82 Å². The summed E-state index contributed by atoms with van der Waals surface area (Å²) >= 11 is 0. The molecule has 0 spiro atoms. The third-order valence-electron chi connectivity index (χ3n) is 3.40. The summed E-state index contributed by atoms with van der Waals surface area (Å²) in [7, 11) is 1.70. The number of anilines is 2. The molecule has 0 radical (unpaired) electrons. The van der Waals surface area contributed by atoms with Crippen LogP contribution >= 0.6 is 0 Å². The normalized spacial score (nSPS) is 12.1. The van der Waals surface area contributed by atoms with E-state index in [1.54, 1.807) is 7.05 Å². The lowest BCUT2D eigenvalue weighted by Crippen LogP contribution is -2.11. The summed E-state index contributed by atoms with van der Waals surface area (Å²) < 4.78 is 1.52. The van der Waals surface area contributed by atoms with E-state index in [1.165, 1.54) is 4.68 Å². The van der Waals surface area contributed by atoms with Crippen LogP contribution in [-0.4, -0.2) is 14.7 Å². The third-order valence-corrected chi connectivity index (χ3v) is 3.40. The van der Waals surface area contributed by atoms with Gasteiger partial charge in [0.25, 0.3) is 0 Å². The Morgan fingerprint density at radius 1 is 1.43 bits per heavy atom. The quantitative estimate of drug-likeness (QED) is 0.501. The van der Waals surface area contributed by atoms with Crippen LogP contribution in [0, 0.1) is 10.1 Å². The first-order valence-electron chi connectivity index (χ1n) is 6.76. The maximum Gasteiger partial charge on any atom is 0.333 e. The van der Waals surface area contributed by atoms with Gasteiger partial charge in [0, 0.05) is 12.7 Å². The Labute approximate surface area is 122 Å². The molecular weight excluding hydrogens is 270 g/mol. The molecule has 3 N–H and O–H groups in total. The minimum Gasteiger partial charge on any atom is -0.399 e. The van der Waals surface area contributed by atoms with Gasteiger partial charge in [-0.05, 0) is 31.0 Å². The van der Waals surface area contributed by atoms with Gasteiger partial charge in [0.15, 0.2) is 0 Å². The van der Waals surface area contributed by atoms with Crippen molar-refractivity contribution in [2.45, 2.75) is 26.3 Å². The molecule has 1 unspecified atom stereocenters. The van der Waals surface area contributed by atoms with Crippen LogP contribution in [0.4, 0.5) is 17.2 Å². The molecule has 112 valence electrons. The summed E-state index contributed by atoms with van der Waals surface area (Å²) in [5, 5.41) is 18.6. The van der Waals surface area contributed by atoms with Crippen LogP contribution in [0.3, 0.4) is 0 Å². The maximum absolute atomic E-state index is 11.3. The predicted octanol–water partition coefficient (Wildman–Crippen LogP) is 2.65. The van der Waals surface area contributed by atoms with Gasteiger partial charge in [-0.2, -0.15) is 5.10 Å². The summed E-state index contributed by atoms with van der Waals surface area (Å²) in [5.41, 5.74) is 7.87. The van der Waals surface area contributed by atoms with Crippen molar-refractivity contribution in [2.75, 3.05) is 11.1 Å². The second kappa shape index (κ2) is 5.82. The fourth-order valence-electron chi connectivity index (χ4n) is 2.23. The van der Waals surface area contributed by atoms with Crippen LogP contribution in [-0.2, 0) is 13.5 Å². The Morgan fingerprint density at radius 3 is 2.57 bits per heavy atom. The molecule has 0 amide bonds. The molecule has 21 heavy (non-hydrogen) atoms. The van der Waals surface area contributed by atoms with Crippen molar-refractivity contribution in [3.05, 3.63) is 45.6 Å². The van der Waals surface area contributed by atoms with E-state index in [0.717, 1.165) is 5.56 Å². The molecule has 7 nitrogen and oxygen atoms in total. The molecule has 2 aromatic rings. The van der Waals surface area contributed by atoms with Gasteiger partial charge in [-0.1, -0.05) is 19.1 Å². The molecule has 0 aliphatic rings. The zero-order chi connectivity index (χ0) is 15.6. The number of hydrogen-bond donors (Lipinski definition) is 2. The Bertz CT molecular complexity index is 648. The summed E-state index contributed by atoms with van der Waals surface area (Å²) in [6, 6.07) is 7.32. The molecule has 0 fully saturated rings. The minimum atomic E-state index is -0.385. The molecule has 0 aliphatic heterocycles.